The van der Waals surface area contributed by atoms with Crippen molar-refractivity contribution in [2.75, 3.05) is 24.8 Å². The minimum atomic E-state index is -0.282. The summed E-state index contributed by atoms with van der Waals surface area (Å²) in [6.07, 6.45) is 1.52. The molecule has 0 saturated carbocycles. The number of ether oxygens (including phenoxy) is 2. The second-order valence-corrected chi connectivity index (χ2v) is 4.27. The number of nitrogens with zero attached hydrogens (tertiary/aromatic N) is 1. The number of carbonyl (C=O) groups is 1. The fourth-order valence-electron chi connectivity index (χ4n) is 1.78. The lowest BCUT2D eigenvalue weighted by Gasteiger charge is -2.09. The number of anilines is 2. The van der Waals surface area contributed by atoms with Crippen molar-refractivity contribution in [3.8, 4) is 11.6 Å². The van der Waals surface area contributed by atoms with Gasteiger partial charge in [-0.2, -0.15) is 0 Å². The molecule has 21 heavy (non-hydrogen) atoms. The molecule has 0 aliphatic heterocycles. The molecule has 110 valence electrons. The van der Waals surface area contributed by atoms with Crippen LogP contribution in [0.15, 0.2) is 36.5 Å². The van der Waals surface area contributed by atoms with Gasteiger partial charge in [0.1, 0.15) is 5.75 Å². The second-order valence-electron chi connectivity index (χ2n) is 4.27. The first-order valence-electron chi connectivity index (χ1n) is 6.47. The maximum Gasteiger partial charge on any atom is 0.255 e. The molecule has 0 saturated heterocycles. The summed E-state index contributed by atoms with van der Waals surface area (Å²) in [7, 11) is 1.53. The van der Waals surface area contributed by atoms with Gasteiger partial charge in [0.2, 0.25) is 5.88 Å². The summed E-state index contributed by atoms with van der Waals surface area (Å²) in [4.78, 5) is 16.2. The van der Waals surface area contributed by atoms with E-state index in [1.807, 2.05) is 6.92 Å². The van der Waals surface area contributed by atoms with Crippen LogP contribution in [-0.2, 0) is 0 Å². The van der Waals surface area contributed by atoms with Crippen LogP contribution in [-0.4, -0.2) is 24.6 Å². The van der Waals surface area contributed by atoms with Crippen molar-refractivity contribution in [1.29, 1.82) is 0 Å². The van der Waals surface area contributed by atoms with Gasteiger partial charge >= 0.3 is 0 Å². The fourth-order valence-corrected chi connectivity index (χ4v) is 1.78. The summed E-state index contributed by atoms with van der Waals surface area (Å²) in [5.41, 5.74) is 7.24. The molecule has 6 heteroatoms. The van der Waals surface area contributed by atoms with E-state index in [4.69, 9.17) is 15.2 Å². The lowest BCUT2D eigenvalue weighted by Crippen LogP contribution is -2.12. The summed E-state index contributed by atoms with van der Waals surface area (Å²) in [6, 6.07) is 8.29. The number of carbonyl (C=O) groups excluding carboxylic acids is 1. The number of hydrogen-bond donors (Lipinski definition) is 2. The molecule has 3 N–H and O–H groups in total. The number of nitrogens with two attached hydrogens (primary N) is 1. The van der Waals surface area contributed by atoms with Crippen LogP contribution >= 0.6 is 0 Å². The average molecular weight is 287 g/mol. The predicted octanol–water partition coefficient (Wildman–Crippen LogP) is 2.32. The zero-order valence-corrected chi connectivity index (χ0v) is 11.9. The molecular formula is C15H17N3O3. The molecule has 1 heterocycles. The molecular weight excluding hydrogens is 270 g/mol. The Kier molecular flexibility index (Phi) is 4.61. The maximum atomic E-state index is 12.2. The standard InChI is InChI=1S/C15H17N3O3/c1-3-21-13-7-10(6-11(16)8-13)15(19)18-12-4-5-14(20-2)17-9-12/h4-9H,3,16H2,1-2H3,(H,18,19). The van der Waals surface area contributed by atoms with Gasteiger partial charge in [0.05, 0.1) is 25.6 Å². The quantitative estimate of drug-likeness (QED) is 0.824. The van der Waals surface area contributed by atoms with E-state index in [-0.39, 0.29) is 5.91 Å². The summed E-state index contributed by atoms with van der Waals surface area (Å²) in [6.45, 7) is 2.37. The molecule has 0 atom stereocenters. The van der Waals surface area contributed by atoms with Gasteiger partial charge in [-0.25, -0.2) is 4.98 Å². The van der Waals surface area contributed by atoms with Crippen molar-refractivity contribution in [3.63, 3.8) is 0 Å². The molecule has 1 amide bonds. The van der Waals surface area contributed by atoms with Gasteiger partial charge in [-0.15, -0.1) is 0 Å². The molecule has 0 aliphatic carbocycles. The van der Waals surface area contributed by atoms with E-state index >= 15 is 0 Å². The van der Waals surface area contributed by atoms with E-state index in [9.17, 15) is 4.79 Å². The van der Waals surface area contributed by atoms with Crippen LogP contribution in [0.4, 0.5) is 11.4 Å². The fraction of sp³-hybridized carbons (Fsp3) is 0.200. The number of nitrogen functional groups attached to an aromatic ring is 1. The Morgan fingerprint density at radius 2 is 2.14 bits per heavy atom. The number of hydrogen-bond acceptors (Lipinski definition) is 5. The summed E-state index contributed by atoms with van der Waals surface area (Å²) < 4.78 is 10.3. The van der Waals surface area contributed by atoms with E-state index in [1.165, 1.54) is 13.3 Å². The molecule has 6 nitrogen and oxygen atoms in total. The third-order valence-corrected chi connectivity index (χ3v) is 2.71. The van der Waals surface area contributed by atoms with Gasteiger partial charge in [0.15, 0.2) is 0 Å². The van der Waals surface area contributed by atoms with Crippen molar-refractivity contribution in [2.24, 2.45) is 0 Å². The Balaban J connectivity index is 2.15. The molecule has 1 aromatic carbocycles. The molecule has 0 radical (unpaired) electrons. The first kappa shape index (κ1) is 14.6. The highest BCUT2D eigenvalue weighted by Crippen LogP contribution is 2.20. The SMILES string of the molecule is CCOc1cc(N)cc(C(=O)Nc2ccc(OC)nc2)c1. The van der Waals surface area contributed by atoms with Crippen molar-refractivity contribution < 1.29 is 14.3 Å². The van der Waals surface area contributed by atoms with E-state index in [0.29, 0.717) is 35.2 Å². The number of pyridine rings is 1. The Labute approximate surface area is 122 Å². The molecule has 0 fully saturated rings. The lowest BCUT2D eigenvalue weighted by atomic mass is 10.1. The number of aromatic nitrogens is 1. The number of amides is 1. The van der Waals surface area contributed by atoms with E-state index in [1.54, 1.807) is 30.3 Å². The van der Waals surface area contributed by atoms with Gasteiger partial charge in [0.25, 0.3) is 5.91 Å². The van der Waals surface area contributed by atoms with E-state index < -0.39 is 0 Å². The second kappa shape index (κ2) is 6.60. The number of methoxy groups -OCH3 is 1. The van der Waals surface area contributed by atoms with Gasteiger partial charge in [0, 0.05) is 23.4 Å². The molecule has 1 aromatic heterocycles. The van der Waals surface area contributed by atoms with Gasteiger partial charge in [-0.3, -0.25) is 4.79 Å². The van der Waals surface area contributed by atoms with Crippen LogP contribution in [0.1, 0.15) is 17.3 Å². The zero-order valence-electron chi connectivity index (χ0n) is 11.9. The topological polar surface area (TPSA) is 86.5 Å². The average Bonchev–Trinajstić information content (AvgIpc) is 2.48. The zero-order chi connectivity index (χ0) is 15.2. The molecule has 2 aromatic rings. The Hall–Kier alpha value is -2.76. The normalized spacial score (nSPS) is 10.0. The summed E-state index contributed by atoms with van der Waals surface area (Å²) in [5.74, 6) is 0.765. The van der Waals surface area contributed by atoms with E-state index in [2.05, 4.69) is 10.3 Å². The highest BCUT2D eigenvalue weighted by atomic mass is 16.5. The van der Waals surface area contributed by atoms with Crippen molar-refractivity contribution in [3.05, 3.63) is 42.1 Å². The molecule has 0 unspecified atom stereocenters. The minimum Gasteiger partial charge on any atom is -0.494 e. The van der Waals surface area contributed by atoms with E-state index in [0.717, 1.165) is 0 Å². The monoisotopic (exact) mass is 287 g/mol. The minimum absolute atomic E-state index is 0.282. The Bertz CT molecular complexity index is 627. The van der Waals surface area contributed by atoms with Crippen molar-refractivity contribution >= 4 is 17.3 Å². The molecule has 2 rings (SSSR count). The third-order valence-electron chi connectivity index (χ3n) is 2.71. The third kappa shape index (κ3) is 3.85. The summed E-state index contributed by atoms with van der Waals surface area (Å²) >= 11 is 0. The van der Waals surface area contributed by atoms with Gasteiger partial charge in [-0.05, 0) is 25.1 Å². The summed E-state index contributed by atoms with van der Waals surface area (Å²) in [5, 5.41) is 2.74. The van der Waals surface area contributed by atoms with Crippen LogP contribution in [0.2, 0.25) is 0 Å². The number of nitrogens with one attached hydrogen (secondary N) is 1. The predicted molar refractivity (Wildman–Crippen MR) is 80.8 cm³/mol. The van der Waals surface area contributed by atoms with Gasteiger partial charge < -0.3 is 20.5 Å². The number of benzene rings is 1. The maximum absolute atomic E-state index is 12.2. The van der Waals surface area contributed by atoms with Gasteiger partial charge in [-0.1, -0.05) is 0 Å². The lowest BCUT2D eigenvalue weighted by molar-refractivity contribution is 0.102. The van der Waals surface area contributed by atoms with Crippen molar-refractivity contribution in [2.45, 2.75) is 6.92 Å². The highest BCUT2D eigenvalue weighted by molar-refractivity contribution is 6.05. The Morgan fingerprint density at radius 3 is 2.76 bits per heavy atom. The Morgan fingerprint density at radius 1 is 1.33 bits per heavy atom. The van der Waals surface area contributed by atoms with Crippen LogP contribution in [0.25, 0.3) is 0 Å². The van der Waals surface area contributed by atoms with Crippen LogP contribution in [0.5, 0.6) is 11.6 Å². The van der Waals surface area contributed by atoms with Crippen LogP contribution in [0.3, 0.4) is 0 Å². The van der Waals surface area contributed by atoms with Crippen LogP contribution < -0.4 is 20.5 Å². The molecule has 0 spiro atoms. The largest absolute Gasteiger partial charge is 0.494 e. The van der Waals surface area contributed by atoms with Crippen LogP contribution in [0, 0.1) is 0 Å². The first-order valence-corrected chi connectivity index (χ1v) is 6.47. The first-order chi connectivity index (χ1) is 10.1. The number of rotatable bonds is 5. The highest BCUT2D eigenvalue weighted by Gasteiger charge is 2.09. The molecule has 0 bridgehead atoms. The molecule has 0 aliphatic rings. The smallest absolute Gasteiger partial charge is 0.255 e. The van der Waals surface area contributed by atoms with Crippen molar-refractivity contribution in [1.82, 2.24) is 4.98 Å².